The van der Waals surface area contributed by atoms with Crippen molar-refractivity contribution in [2.24, 2.45) is 5.73 Å². The number of benzene rings is 2. The van der Waals surface area contributed by atoms with E-state index >= 15 is 0 Å². The number of carbonyl (C=O) groups excluding carboxylic acids is 2. The fraction of sp³-hybridized carbons (Fsp3) is 0.263. The third-order valence-corrected chi connectivity index (χ3v) is 4.62. The van der Waals surface area contributed by atoms with E-state index < -0.39 is 11.8 Å². The monoisotopic (exact) mass is 466 g/mol. The SMILES string of the molecule is COc1cc(C(=O)Nc2cc3c(cc2Br)OCCO3)cc(OC)c1OCC(N)=O. The van der Waals surface area contributed by atoms with Crippen LogP contribution in [0.15, 0.2) is 28.7 Å². The third kappa shape index (κ3) is 4.65. The number of rotatable bonds is 7. The van der Waals surface area contributed by atoms with E-state index in [1.807, 2.05) is 0 Å². The van der Waals surface area contributed by atoms with Crippen LogP contribution < -0.4 is 34.7 Å². The predicted molar refractivity (Wildman–Crippen MR) is 107 cm³/mol. The number of amides is 2. The summed E-state index contributed by atoms with van der Waals surface area (Å²) in [6.45, 7) is 0.542. The lowest BCUT2D eigenvalue weighted by Crippen LogP contribution is -2.20. The summed E-state index contributed by atoms with van der Waals surface area (Å²) in [6.07, 6.45) is 0. The van der Waals surface area contributed by atoms with Crippen molar-refractivity contribution in [1.82, 2.24) is 0 Å². The molecule has 2 aromatic carbocycles. The molecule has 1 aliphatic rings. The second-order valence-corrected chi connectivity index (χ2v) is 6.75. The van der Waals surface area contributed by atoms with Crippen molar-refractivity contribution in [2.45, 2.75) is 0 Å². The first-order chi connectivity index (χ1) is 13.9. The second kappa shape index (κ2) is 8.91. The minimum Gasteiger partial charge on any atom is -0.493 e. The lowest BCUT2D eigenvalue weighted by atomic mass is 10.1. The number of anilines is 1. The molecule has 0 aliphatic carbocycles. The fourth-order valence-electron chi connectivity index (χ4n) is 2.65. The lowest BCUT2D eigenvalue weighted by molar-refractivity contribution is -0.120. The maximum Gasteiger partial charge on any atom is 0.255 e. The van der Waals surface area contributed by atoms with Crippen molar-refractivity contribution in [3.63, 3.8) is 0 Å². The molecule has 0 aromatic heterocycles. The lowest BCUT2D eigenvalue weighted by Gasteiger charge is -2.20. The van der Waals surface area contributed by atoms with Crippen LogP contribution >= 0.6 is 15.9 Å². The molecule has 29 heavy (non-hydrogen) atoms. The van der Waals surface area contributed by atoms with Crippen molar-refractivity contribution >= 4 is 33.4 Å². The first-order valence-electron chi connectivity index (χ1n) is 8.50. The molecule has 0 spiro atoms. The number of fused-ring (bicyclic) bond motifs is 1. The van der Waals surface area contributed by atoms with Crippen molar-refractivity contribution < 1.29 is 33.3 Å². The fourth-order valence-corrected chi connectivity index (χ4v) is 3.07. The Morgan fingerprint density at radius 2 is 1.66 bits per heavy atom. The summed E-state index contributed by atoms with van der Waals surface area (Å²) < 4.78 is 27.6. The van der Waals surface area contributed by atoms with Crippen LogP contribution in [-0.4, -0.2) is 45.9 Å². The van der Waals surface area contributed by atoms with E-state index in [1.54, 1.807) is 12.1 Å². The van der Waals surface area contributed by atoms with E-state index in [0.717, 1.165) is 0 Å². The van der Waals surface area contributed by atoms with Crippen LogP contribution in [0.5, 0.6) is 28.7 Å². The highest BCUT2D eigenvalue weighted by atomic mass is 79.9. The Hall–Kier alpha value is -3.14. The normalized spacial score (nSPS) is 12.1. The highest BCUT2D eigenvalue weighted by molar-refractivity contribution is 9.10. The quantitative estimate of drug-likeness (QED) is 0.642. The highest BCUT2D eigenvalue weighted by Crippen LogP contribution is 2.40. The number of nitrogens with one attached hydrogen (secondary N) is 1. The van der Waals surface area contributed by atoms with Crippen molar-refractivity contribution in [3.05, 3.63) is 34.3 Å². The van der Waals surface area contributed by atoms with Gasteiger partial charge in [0.15, 0.2) is 29.6 Å². The van der Waals surface area contributed by atoms with E-state index in [9.17, 15) is 9.59 Å². The minimum absolute atomic E-state index is 0.172. The molecule has 1 heterocycles. The molecule has 0 atom stereocenters. The van der Waals surface area contributed by atoms with Gasteiger partial charge in [0, 0.05) is 22.2 Å². The van der Waals surface area contributed by atoms with Gasteiger partial charge in [0.05, 0.1) is 19.9 Å². The van der Waals surface area contributed by atoms with Crippen LogP contribution in [0.2, 0.25) is 0 Å². The summed E-state index contributed by atoms with van der Waals surface area (Å²) >= 11 is 3.41. The van der Waals surface area contributed by atoms with E-state index in [4.69, 9.17) is 29.4 Å². The highest BCUT2D eigenvalue weighted by Gasteiger charge is 2.20. The molecule has 2 aromatic rings. The molecule has 9 nitrogen and oxygen atoms in total. The van der Waals surface area contributed by atoms with E-state index in [-0.39, 0.29) is 29.4 Å². The van der Waals surface area contributed by atoms with Gasteiger partial charge in [0.1, 0.15) is 13.2 Å². The minimum atomic E-state index is -0.653. The number of methoxy groups -OCH3 is 2. The van der Waals surface area contributed by atoms with Gasteiger partial charge in [-0.15, -0.1) is 0 Å². The van der Waals surface area contributed by atoms with Gasteiger partial charge in [-0.3, -0.25) is 9.59 Å². The van der Waals surface area contributed by atoms with Gasteiger partial charge in [-0.1, -0.05) is 0 Å². The maximum absolute atomic E-state index is 12.8. The molecular weight excluding hydrogens is 448 g/mol. The van der Waals surface area contributed by atoms with Crippen LogP contribution in [-0.2, 0) is 4.79 Å². The Morgan fingerprint density at radius 1 is 1.07 bits per heavy atom. The first-order valence-corrected chi connectivity index (χ1v) is 9.30. The molecular formula is C19H19BrN2O7. The average Bonchev–Trinajstić information content (AvgIpc) is 2.71. The smallest absolute Gasteiger partial charge is 0.255 e. The Labute approximate surface area is 175 Å². The number of halogens is 1. The molecule has 0 unspecified atom stereocenters. The van der Waals surface area contributed by atoms with Crippen LogP contribution in [0.3, 0.4) is 0 Å². The van der Waals surface area contributed by atoms with Crippen molar-refractivity contribution in [3.8, 4) is 28.7 Å². The molecule has 1 aliphatic heterocycles. The van der Waals surface area contributed by atoms with Crippen molar-refractivity contribution in [2.75, 3.05) is 39.4 Å². The molecule has 2 amide bonds. The summed E-state index contributed by atoms with van der Waals surface area (Å²) in [5, 5.41) is 2.80. The Kier molecular flexibility index (Phi) is 6.32. The Bertz CT molecular complexity index is 923. The van der Waals surface area contributed by atoms with Gasteiger partial charge in [0.2, 0.25) is 5.75 Å². The number of hydrogen-bond acceptors (Lipinski definition) is 7. The Balaban J connectivity index is 1.88. The standard InChI is InChI=1S/C19H19BrN2O7/c1-25-15-5-10(6-16(26-2)18(15)29-9-17(21)23)19(24)22-12-8-14-13(7-11(12)20)27-3-4-28-14/h5-8H,3-4,9H2,1-2H3,(H2,21,23)(H,22,24). The second-order valence-electron chi connectivity index (χ2n) is 5.89. The summed E-state index contributed by atoms with van der Waals surface area (Å²) in [5.74, 6) is 0.681. The predicted octanol–water partition coefficient (Wildman–Crippen LogP) is 2.35. The maximum atomic E-state index is 12.8. The zero-order chi connectivity index (χ0) is 21.0. The van der Waals surface area contributed by atoms with Crippen molar-refractivity contribution in [1.29, 1.82) is 0 Å². The molecule has 0 fully saturated rings. The van der Waals surface area contributed by atoms with E-state index in [1.165, 1.54) is 26.4 Å². The molecule has 0 saturated heterocycles. The molecule has 0 saturated carbocycles. The largest absolute Gasteiger partial charge is 0.493 e. The van der Waals surface area contributed by atoms with Crippen LogP contribution in [0, 0.1) is 0 Å². The van der Waals surface area contributed by atoms with Crippen LogP contribution in [0.1, 0.15) is 10.4 Å². The number of hydrogen-bond donors (Lipinski definition) is 2. The first kappa shape index (κ1) is 20.6. The summed E-state index contributed by atoms with van der Waals surface area (Å²) in [4.78, 5) is 23.8. The molecule has 0 radical (unpaired) electrons. The number of carbonyl (C=O) groups is 2. The van der Waals surface area contributed by atoms with Gasteiger partial charge >= 0.3 is 0 Å². The molecule has 154 valence electrons. The summed E-state index contributed by atoms with van der Waals surface area (Å²) in [5.41, 5.74) is 5.88. The summed E-state index contributed by atoms with van der Waals surface area (Å²) in [6, 6.07) is 6.35. The van der Waals surface area contributed by atoms with Gasteiger partial charge in [0.25, 0.3) is 11.8 Å². The zero-order valence-electron chi connectivity index (χ0n) is 15.7. The van der Waals surface area contributed by atoms with Crippen LogP contribution in [0.4, 0.5) is 5.69 Å². The molecule has 10 heteroatoms. The van der Waals surface area contributed by atoms with Crippen LogP contribution in [0.25, 0.3) is 0 Å². The number of primary amides is 1. The molecule has 3 N–H and O–H groups in total. The summed E-state index contributed by atoms with van der Waals surface area (Å²) in [7, 11) is 2.82. The average molecular weight is 467 g/mol. The van der Waals surface area contributed by atoms with Gasteiger partial charge in [-0.2, -0.15) is 0 Å². The van der Waals surface area contributed by atoms with E-state index in [2.05, 4.69) is 21.2 Å². The number of ether oxygens (including phenoxy) is 5. The molecule has 0 bridgehead atoms. The topological polar surface area (TPSA) is 118 Å². The van der Waals surface area contributed by atoms with Gasteiger partial charge in [-0.25, -0.2) is 0 Å². The van der Waals surface area contributed by atoms with E-state index in [0.29, 0.717) is 34.9 Å². The number of nitrogens with two attached hydrogens (primary N) is 1. The Morgan fingerprint density at radius 3 is 2.21 bits per heavy atom. The van der Waals surface area contributed by atoms with Gasteiger partial charge < -0.3 is 34.7 Å². The van der Waals surface area contributed by atoms with Gasteiger partial charge in [-0.05, 0) is 28.1 Å². The third-order valence-electron chi connectivity index (χ3n) is 3.96. The zero-order valence-corrected chi connectivity index (χ0v) is 17.3. The molecule has 3 rings (SSSR count).